The van der Waals surface area contributed by atoms with E-state index in [-0.39, 0.29) is 18.3 Å². The molecule has 0 bridgehead atoms. The third-order valence-corrected chi connectivity index (χ3v) is 3.41. The molecule has 2 aromatic carbocycles. The Balaban J connectivity index is 0.00000220. The topological polar surface area (TPSA) is 120 Å². The largest absolute Gasteiger partial charge is 0.744 e. The van der Waals surface area contributed by atoms with Gasteiger partial charge in [-0.25, -0.2) is 8.42 Å². The smallest absolute Gasteiger partial charge is 0.315 e. The van der Waals surface area contributed by atoms with Gasteiger partial charge in [0.2, 0.25) is 0 Å². The summed E-state index contributed by atoms with van der Waals surface area (Å²) in [6, 6.07) is 14.1. The fraction of sp³-hybridized carbons (Fsp3) is 0.0714. The predicted octanol–water partition coefficient (Wildman–Crippen LogP) is 2.11. The summed E-state index contributed by atoms with van der Waals surface area (Å²) in [6.45, 7) is 0. The monoisotopic (exact) mass is 309 g/mol. The van der Waals surface area contributed by atoms with Crippen LogP contribution < -0.4 is 10.9 Å². The predicted molar refractivity (Wildman–Crippen MR) is 76.2 cm³/mol. The van der Waals surface area contributed by atoms with Crippen LogP contribution in [0.15, 0.2) is 59.5 Å². The second-order valence-corrected chi connectivity index (χ2v) is 5.39. The van der Waals surface area contributed by atoms with E-state index < -0.39 is 21.0 Å². The quantitative estimate of drug-likeness (QED) is 0.527. The van der Waals surface area contributed by atoms with Gasteiger partial charge in [-0.2, -0.15) is 0 Å². The van der Waals surface area contributed by atoms with Crippen LogP contribution in [0.25, 0.3) is 0 Å². The van der Waals surface area contributed by atoms with E-state index in [1.807, 2.05) is 6.07 Å². The molecule has 0 aliphatic carbocycles. The molecule has 0 saturated heterocycles. The zero-order chi connectivity index (χ0) is 14.6. The highest BCUT2D eigenvalue weighted by molar-refractivity contribution is 7.85. The van der Waals surface area contributed by atoms with Gasteiger partial charge in [-0.05, 0) is 17.7 Å². The highest BCUT2D eigenvalue weighted by Gasteiger charge is 2.13. The lowest BCUT2D eigenvalue weighted by Crippen LogP contribution is -2.13. The van der Waals surface area contributed by atoms with Gasteiger partial charge in [-0.15, -0.1) is 0 Å². The standard InChI is InChI=1S/C14H12O5S.H3N/c15-14(10-11-6-2-1-3-7-11)19-12-8-4-5-9-13(12)20(16,17)18;/h1-9H,10H2,(H,16,17,18);1H3. The van der Waals surface area contributed by atoms with Crippen molar-refractivity contribution in [3.05, 3.63) is 60.2 Å². The van der Waals surface area contributed by atoms with Gasteiger partial charge in [0, 0.05) is 0 Å². The van der Waals surface area contributed by atoms with Gasteiger partial charge in [0.05, 0.1) is 11.3 Å². The summed E-state index contributed by atoms with van der Waals surface area (Å²) in [7, 11) is -4.68. The summed E-state index contributed by atoms with van der Waals surface area (Å²) < 4.78 is 38.1. The van der Waals surface area contributed by atoms with Crippen molar-refractivity contribution in [2.45, 2.75) is 11.3 Å². The van der Waals surface area contributed by atoms with Gasteiger partial charge in [0.1, 0.15) is 15.9 Å². The van der Waals surface area contributed by atoms with Gasteiger partial charge in [-0.1, -0.05) is 42.5 Å². The first kappa shape index (κ1) is 16.8. The summed E-state index contributed by atoms with van der Waals surface area (Å²) in [5, 5.41) is 0. The molecule has 0 heterocycles. The fourth-order valence-corrected chi connectivity index (χ4v) is 2.26. The Kier molecular flexibility index (Phi) is 5.60. The molecule has 0 fully saturated rings. The van der Waals surface area contributed by atoms with Crippen LogP contribution in [-0.2, 0) is 21.3 Å². The average molecular weight is 309 g/mol. The molecule has 0 aliphatic heterocycles. The van der Waals surface area contributed by atoms with Crippen molar-refractivity contribution in [1.29, 1.82) is 0 Å². The van der Waals surface area contributed by atoms with Crippen molar-refractivity contribution in [1.82, 2.24) is 6.15 Å². The molecule has 0 atom stereocenters. The van der Waals surface area contributed by atoms with E-state index in [0.29, 0.717) is 0 Å². The van der Waals surface area contributed by atoms with Crippen LogP contribution in [0.3, 0.4) is 0 Å². The van der Waals surface area contributed by atoms with Crippen LogP contribution in [0.1, 0.15) is 5.56 Å². The molecule has 0 radical (unpaired) electrons. The minimum atomic E-state index is -4.68. The lowest BCUT2D eigenvalue weighted by Gasteiger charge is -2.12. The number of rotatable bonds is 4. The van der Waals surface area contributed by atoms with Gasteiger partial charge in [-0.3, -0.25) is 4.79 Å². The number of carbonyl (C=O) groups is 1. The van der Waals surface area contributed by atoms with Crippen LogP contribution in [0, 0.1) is 0 Å². The van der Waals surface area contributed by atoms with Gasteiger partial charge in [0.15, 0.2) is 0 Å². The normalized spacial score (nSPS) is 10.5. The van der Waals surface area contributed by atoms with Crippen molar-refractivity contribution in [2.75, 3.05) is 0 Å². The lowest BCUT2D eigenvalue weighted by atomic mass is 10.2. The van der Waals surface area contributed by atoms with E-state index in [1.54, 1.807) is 24.3 Å². The molecule has 0 aliphatic rings. The molecule has 0 unspecified atom stereocenters. The Morgan fingerprint density at radius 3 is 2.19 bits per heavy atom. The third kappa shape index (κ3) is 4.67. The number of hydrogen-bond acceptors (Lipinski definition) is 5. The number of quaternary nitrogens is 1. The van der Waals surface area contributed by atoms with E-state index in [2.05, 4.69) is 0 Å². The highest BCUT2D eigenvalue weighted by Crippen LogP contribution is 2.23. The maximum Gasteiger partial charge on any atom is 0.315 e. The average Bonchev–Trinajstić information content (AvgIpc) is 2.39. The molecular weight excluding hydrogens is 294 g/mol. The molecular formula is C14H15NO5S. The number of esters is 1. The van der Waals surface area contributed by atoms with E-state index in [1.165, 1.54) is 18.2 Å². The fourth-order valence-electron chi connectivity index (χ4n) is 1.66. The molecule has 0 saturated carbocycles. The Hall–Kier alpha value is -2.22. The van der Waals surface area contributed by atoms with E-state index in [4.69, 9.17) is 4.74 Å². The number of hydrogen-bond donors (Lipinski definition) is 1. The third-order valence-electron chi connectivity index (χ3n) is 2.53. The summed E-state index contributed by atoms with van der Waals surface area (Å²) in [5.41, 5.74) is 0.736. The zero-order valence-electron chi connectivity index (χ0n) is 11.4. The molecule has 0 aromatic heterocycles. The van der Waals surface area contributed by atoms with E-state index in [9.17, 15) is 17.8 Å². The van der Waals surface area contributed by atoms with Crippen LogP contribution in [-0.4, -0.2) is 18.9 Å². The van der Waals surface area contributed by atoms with Crippen LogP contribution in [0.2, 0.25) is 0 Å². The van der Waals surface area contributed by atoms with Crippen molar-refractivity contribution < 1.29 is 22.5 Å². The van der Waals surface area contributed by atoms with Gasteiger partial charge < -0.3 is 15.4 Å². The molecule has 2 aromatic rings. The Labute approximate surface area is 122 Å². The summed E-state index contributed by atoms with van der Waals surface area (Å²) >= 11 is 0. The minimum Gasteiger partial charge on any atom is -0.744 e. The van der Waals surface area contributed by atoms with Crippen molar-refractivity contribution in [3.63, 3.8) is 0 Å². The minimum absolute atomic E-state index is 0. The van der Waals surface area contributed by atoms with E-state index >= 15 is 0 Å². The van der Waals surface area contributed by atoms with Crippen LogP contribution in [0.4, 0.5) is 0 Å². The second-order valence-electron chi connectivity index (χ2n) is 4.04. The molecule has 6 nitrogen and oxygen atoms in total. The lowest BCUT2D eigenvalue weighted by molar-refractivity contribution is -0.133. The van der Waals surface area contributed by atoms with Gasteiger partial charge >= 0.3 is 5.97 Å². The Morgan fingerprint density at radius 2 is 1.57 bits per heavy atom. The highest BCUT2D eigenvalue weighted by atomic mass is 32.2. The number of carbonyl (C=O) groups excluding carboxylic acids is 1. The Morgan fingerprint density at radius 1 is 1.00 bits per heavy atom. The molecule has 2 rings (SSSR count). The Bertz CT molecular complexity index is 713. The summed E-state index contributed by atoms with van der Waals surface area (Å²) in [6.07, 6.45) is -0.00587. The van der Waals surface area contributed by atoms with Crippen LogP contribution >= 0.6 is 0 Å². The molecule has 21 heavy (non-hydrogen) atoms. The molecule has 7 heteroatoms. The maximum atomic E-state index is 11.7. The first-order valence-corrected chi connectivity index (χ1v) is 7.17. The van der Waals surface area contributed by atoms with E-state index in [0.717, 1.165) is 11.6 Å². The number of benzene rings is 2. The maximum absolute atomic E-state index is 11.7. The number of para-hydroxylation sites is 1. The summed E-state index contributed by atoms with van der Waals surface area (Å²) in [5.74, 6) is -0.879. The molecule has 0 spiro atoms. The first-order chi connectivity index (χ1) is 9.47. The second kappa shape index (κ2) is 6.98. The summed E-state index contributed by atoms with van der Waals surface area (Å²) in [4.78, 5) is 11.2. The molecule has 112 valence electrons. The van der Waals surface area contributed by atoms with Crippen molar-refractivity contribution >= 4 is 16.1 Å². The van der Waals surface area contributed by atoms with Crippen LogP contribution in [0.5, 0.6) is 5.75 Å². The SMILES string of the molecule is O=C(Cc1ccccc1)Oc1ccccc1S(=O)(=O)[O-].[NH4+]. The number of ether oxygens (including phenoxy) is 1. The van der Waals surface area contributed by atoms with Crippen molar-refractivity contribution in [3.8, 4) is 5.75 Å². The zero-order valence-corrected chi connectivity index (χ0v) is 12.2. The first-order valence-electron chi connectivity index (χ1n) is 5.76. The molecule has 0 amide bonds. The van der Waals surface area contributed by atoms with Gasteiger partial charge in [0.25, 0.3) is 0 Å². The van der Waals surface area contributed by atoms with Crippen molar-refractivity contribution in [2.24, 2.45) is 0 Å². The molecule has 4 N–H and O–H groups in total.